The van der Waals surface area contributed by atoms with E-state index in [2.05, 4.69) is 37.2 Å². The standard InChI is InChI=1S/C26H25NO3/c1-19(2)22-15-23(24-13-14-30-27-24)26(29-18-21-11-7-4-8-12-21)16-25(22)28-17-20-9-5-3-6-10-20/h3-16,19H,17-18H2,1-2H3. The molecule has 4 heteroatoms. The topological polar surface area (TPSA) is 44.5 Å². The van der Waals surface area contributed by atoms with Crippen molar-refractivity contribution in [2.75, 3.05) is 0 Å². The number of nitrogens with zero attached hydrogens (tertiary/aromatic N) is 1. The largest absolute Gasteiger partial charge is 0.488 e. The number of benzene rings is 3. The van der Waals surface area contributed by atoms with Crippen molar-refractivity contribution in [1.29, 1.82) is 0 Å². The van der Waals surface area contributed by atoms with E-state index >= 15 is 0 Å². The SMILES string of the molecule is CC(C)c1cc(-c2ccon2)c(OCc2ccccc2)cc1OCc1ccccc1. The first kappa shape index (κ1) is 19.8. The number of rotatable bonds is 8. The van der Waals surface area contributed by atoms with E-state index in [0.717, 1.165) is 39.4 Å². The van der Waals surface area contributed by atoms with Crippen LogP contribution in [0, 0.1) is 0 Å². The highest BCUT2D eigenvalue weighted by atomic mass is 16.5. The zero-order valence-corrected chi connectivity index (χ0v) is 17.2. The highest BCUT2D eigenvalue weighted by Crippen LogP contribution is 2.39. The van der Waals surface area contributed by atoms with Gasteiger partial charge < -0.3 is 14.0 Å². The minimum Gasteiger partial charge on any atom is -0.488 e. The van der Waals surface area contributed by atoms with Crippen LogP contribution >= 0.6 is 0 Å². The Kier molecular flexibility index (Phi) is 6.14. The minimum absolute atomic E-state index is 0.282. The molecule has 0 saturated heterocycles. The number of hydrogen-bond acceptors (Lipinski definition) is 4. The van der Waals surface area contributed by atoms with Crippen molar-refractivity contribution >= 4 is 0 Å². The van der Waals surface area contributed by atoms with E-state index in [-0.39, 0.29) is 5.92 Å². The summed E-state index contributed by atoms with van der Waals surface area (Å²) in [5.74, 6) is 1.83. The van der Waals surface area contributed by atoms with Crippen molar-refractivity contribution in [2.24, 2.45) is 0 Å². The summed E-state index contributed by atoms with van der Waals surface area (Å²) < 4.78 is 17.5. The van der Waals surface area contributed by atoms with Gasteiger partial charge in [-0.1, -0.05) is 79.7 Å². The number of aromatic nitrogens is 1. The second-order valence-electron chi connectivity index (χ2n) is 7.47. The fourth-order valence-electron chi connectivity index (χ4n) is 3.30. The molecule has 0 bridgehead atoms. The molecule has 4 aromatic rings. The van der Waals surface area contributed by atoms with Crippen LogP contribution in [0.15, 0.2) is 89.6 Å². The Labute approximate surface area is 177 Å². The van der Waals surface area contributed by atoms with Crippen LogP contribution in [0.25, 0.3) is 11.3 Å². The maximum absolute atomic E-state index is 6.23. The highest BCUT2D eigenvalue weighted by molar-refractivity contribution is 5.70. The molecule has 0 aliphatic rings. The van der Waals surface area contributed by atoms with E-state index in [1.54, 1.807) is 6.26 Å². The summed E-state index contributed by atoms with van der Waals surface area (Å²) in [4.78, 5) is 0. The molecule has 1 aromatic heterocycles. The lowest BCUT2D eigenvalue weighted by Crippen LogP contribution is -2.03. The molecule has 0 spiro atoms. The Morgan fingerprint density at radius 2 is 1.37 bits per heavy atom. The van der Waals surface area contributed by atoms with E-state index in [9.17, 15) is 0 Å². The third-order valence-corrected chi connectivity index (χ3v) is 4.92. The molecule has 0 unspecified atom stereocenters. The smallest absolute Gasteiger partial charge is 0.133 e. The first-order valence-corrected chi connectivity index (χ1v) is 10.1. The van der Waals surface area contributed by atoms with Gasteiger partial charge in [0.25, 0.3) is 0 Å². The van der Waals surface area contributed by atoms with Crippen LogP contribution in [0.3, 0.4) is 0 Å². The maximum atomic E-state index is 6.23. The predicted octanol–water partition coefficient (Wildman–Crippen LogP) is 6.62. The average Bonchev–Trinajstić information content (AvgIpc) is 3.32. The molecule has 0 aliphatic heterocycles. The quantitative estimate of drug-likeness (QED) is 0.334. The fraction of sp³-hybridized carbons (Fsp3) is 0.192. The lowest BCUT2D eigenvalue weighted by atomic mass is 9.97. The van der Waals surface area contributed by atoms with E-state index < -0.39 is 0 Å². The third kappa shape index (κ3) is 4.71. The summed E-state index contributed by atoms with van der Waals surface area (Å²) in [6, 6.07) is 26.2. The van der Waals surface area contributed by atoms with E-state index in [1.807, 2.05) is 60.7 Å². The molecule has 0 radical (unpaired) electrons. The van der Waals surface area contributed by atoms with Crippen LogP contribution in [0.5, 0.6) is 11.5 Å². The molecule has 0 amide bonds. The Balaban J connectivity index is 1.67. The van der Waals surface area contributed by atoms with Gasteiger partial charge in [-0.05, 0) is 28.7 Å². The molecule has 1 heterocycles. The van der Waals surface area contributed by atoms with Gasteiger partial charge in [0.1, 0.15) is 36.7 Å². The van der Waals surface area contributed by atoms with Crippen LogP contribution < -0.4 is 9.47 Å². The van der Waals surface area contributed by atoms with E-state index in [4.69, 9.17) is 14.0 Å². The number of ether oxygens (including phenoxy) is 2. The zero-order valence-electron chi connectivity index (χ0n) is 17.2. The van der Waals surface area contributed by atoms with Crippen molar-refractivity contribution in [1.82, 2.24) is 5.16 Å². The predicted molar refractivity (Wildman–Crippen MR) is 118 cm³/mol. The van der Waals surface area contributed by atoms with Crippen molar-refractivity contribution in [3.8, 4) is 22.8 Å². The van der Waals surface area contributed by atoms with Crippen molar-refractivity contribution in [3.05, 3.63) is 102 Å². The second kappa shape index (κ2) is 9.31. The van der Waals surface area contributed by atoms with Crippen molar-refractivity contribution < 1.29 is 14.0 Å². The van der Waals surface area contributed by atoms with Gasteiger partial charge in [-0.2, -0.15) is 0 Å². The fourth-order valence-corrected chi connectivity index (χ4v) is 3.30. The Morgan fingerprint density at radius 1 is 0.767 bits per heavy atom. The molecule has 4 rings (SSSR count). The minimum atomic E-state index is 0.282. The summed E-state index contributed by atoms with van der Waals surface area (Å²) >= 11 is 0. The van der Waals surface area contributed by atoms with Crippen molar-refractivity contribution in [2.45, 2.75) is 33.0 Å². The first-order chi connectivity index (χ1) is 14.7. The highest BCUT2D eigenvalue weighted by Gasteiger charge is 2.18. The van der Waals surface area contributed by atoms with Gasteiger partial charge in [0.2, 0.25) is 0 Å². The first-order valence-electron chi connectivity index (χ1n) is 10.1. The summed E-state index contributed by atoms with van der Waals surface area (Å²) in [7, 11) is 0. The molecule has 0 atom stereocenters. The molecular weight excluding hydrogens is 374 g/mol. The van der Waals surface area contributed by atoms with Gasteiger partial charge in [-0.15, -0.1) is 0 Å². The molecule has 0 aliphatic carbocycles. The monoisotopic (exact) mass is 399 g/mol. The van der Waals surface area contributed by atoms with Gasteiger partial charge in [-0.3, -0.25) is 0 Å². The molecule has 3 aromatic carbocycles. The van der Waals surface area contributed by atoms with Crippen LogP contribution in [0.1, 0.15) is 36.5 Å². The Hall–Kier alpha value is -3.53. The van der Waals surface area contributed by atoms with Crippen LogP contribution in [0.2, 0.25) is 0 Å². The lowest BCUT2D eigenvalue weighted by Gasteiger charge is -2.19. The van der Waals surface area contributed by atoms with E-state index in [1.165, 1.54) is 0 Å². The summed E-state index contributed by atoms with van der Waals surface area (Å²) in [5, 5.41) is 4.13. The molecule has 152 valence electrons. The number of hydrogen-bond donors (Lipinski definition) is 0. The maximum Gasteiger partial charge on any atom is 0.133 e. The van der Waals surface area contributed by atoms with E-state index in [0.29, 0.717) is 13.2 Å². The molecule has 4 nitrogen and oxygen atoms in total. The Bertz CT molecular complexity index is 1060. The normalized spacial score (nSPS) is 10.9. The average molecular weight is 399 g/mol. The van der Waals surface area contributed by atoms with Gasteiger partial charge in [0.05, 0.1) is 0 Å². The molecule has 0 fully saturated rings. The molecule has 30 heavy (non-hydrogen) atoms. The summed E-state index contributed by atoms with van der Waals surface area (Å²) in [6.07, 6.45) is 1.57. The zero-order chi connectivity index (χ0) is 20.8. The van der Waals surface area contributed by atoms with Crippen LogP contribution in [-0.2, 0) is 13.2 Å². The van der Waals surface area contributed by atoms with Crippen LogP contribution in [-0.4, -0.2) is 5.16 Å². The van der Waals surface area contributed by atoms with Crippen molar-refractivity contribution in [3.63, 3.8) is 0 Å². The molecular formula is C26H25NO3. The van der Waals surface area contributed by atoms with Crippen LogP contribution in [0.4, 0.5) is 0 Å². The van der Waals surface area contributed by atoms with Gasteiger partial charge in [-0.25, -0.2) is 0 Å². The summed E-state index contributed by atoms with van der Waals surface area (Å²) in [5.41, 5.74) is 4.98. The molecule has 0 N–H and O–H groups in total. The summed E-state index contributed by atoms with van der Waals surface area (Å²) in [6.45, 7) is 5.27. The molecule has 0 saturated carbocycles. The van der Waals surface area contributed by atoms with Gasteiger partial charge in [0.15, 0.2) is 0 Å². The third-order valence-electron chi connectivity index (χ3n) is 4.92. The Morgan fingerprint density at radius 3 is 1.90 bits per heavy atom. The second-order valence-corrected chi connectivity index (χ2v) is 7.47. The lowest BCUT2D eigenvalue weighted by molar-refractivity contribution is 0.287. The van der Waals surface area contributed by atoms with Gasteiger partial charge in [0, 0.05) is 17.7 Å². The van der Waals surface area contributed by atoms with Gasteiger partial charge >= 0.3 is 0 Å².